The lowest BCUT2D eigenvalue weighted by atomic mass is 10.1. The fourth-order valence-electron chi connectivity index (χ4n) is 3.31. The number of para-hydroxylation sites is 1. The molecule has 0 N–H and O–H groups in total. The Kier molecular flexibility index (Phi) is 6.58. The molecule has 1 aliphatic rings. The molecular weight excluding hydrogens is 445 g/mol. The second-order valence-corrected chi connectivity index (χ2v) is 8.77. The van der Waals surface area contributed by atoms with Gasteiger partial charge in [-0.2, -0.15) is 0 Å². The number of anilines is 1. The van der Waals surface area contributed by atoms with E-state index in [1.807, 2.05) is 37.3 Å². The molecule has 0 aromatic heterocycles. The van der Waals surface area contributed by atoms with E-state index in [1.54, 1.807) is 41.3 Å². The summed E-state index contributed by atoms with van der Waals surface area (Å²) in [6.45, 7) is 2.03. The van der Waals surface area contributed by atoms with Crippen LogP contribution < -0.4 is 14.4 Å². The van der Waals surface area contributed by atoms with Crippen LogP contribution in [0.15, 0.2) is 71.6 Å². The highest BCUT2D eigenvalue weighted by Gasteiger charge is 2.34. The molecule has 162 valence electrons. The van der Waals surface area contributed by atoms with Gasteiger partial charge in [-0.25, -0.2) is 4.39 Å². The standard InChI is InChI=1S/C25H20FNO3S2/c1-16-7-3-6-10-20(16)27-24(28)23(32-25(27)31)14-17-11-12-21(22(13-17)29-2)30-15-18-8-4-5-9-19(18)26/h3-14H,15H2,1-2H3. The van der Waals surface area contributed by atoms with E-state index in [9.17, 15) is 9.18 Å². The summed E-state index contributed by atoms with van der Waals surface area (Å²) < 4.78 is 25.5. The molecule has 32 heavy (non-hydrogen) atoms. The van der Waals surface area contributed by atoms with Gasteiger partial charge in [0.05, 0.1) is 17.7 Å². The van der Waals surface area contributed by atoms with Gasteiger partial charge in [0.15, 0.2) is 15.8 Å². The maximum Gasteiger partial charge on any atom is 0.270 e. The molecule has 7 heteroatoms. The average molecular weight is 466 g/mol. The topological polar surface area (TPSA) is 38.8 Å². The second kappa shape index (κ2) is 9.54. The summed E-state index contributed by atoms with van der Waals surface area (Å²) in [4.78, 5) is 15.1. The number of methoxy groups -OCH3 is 1. The molecule has 1 heterocycles. The molecule has 1 fully saturated rings. The van der Waals surface area contributed by atoms with Crippen LogP contribution in [0.5, 0.6) is 11.5 Å². The van der Waals surface area contributed by atoms with Crippen molar-refractivity contribution < 1.29 is 18.7 Å². The summed E-state index contributed by atoms with van der Waals surface area (Å²) in [5, 5.41) is 0. The summed E-state index contributed by atoms with van der Waals surface area (Å²) in [6.07, 6.45) is 1.78. The van der Waals surface area contributed by atoms with E-state index < -0.39 is 0 Å². The van der Waals surface area contributed by atoms with Crippen molar-refractivity contribution in [3.05, 3.63) is 94.1 Å². The molecule has 1 aliphatic heterocycles. The fraction of sp³-hybridized carbons (Fsp3) is 0.120. The smallest absolute Gasteiger partial charge is 0.270 e. The SMILES string of the molecule is COc1cc(C=C2SC(=S)N(c3ccccc3C)C2=O)ccc1OCc1ccccc1F. The van der Waals surface area contributed by atoms with E-state index in [0.717, 1.165) is 16.8 Å². The van der Waals surface area contributed by atoms with Gasteiger partial charge in [0.1, 0.15) is 12.4 Å². The number of aryl methyl sites for hydroxylation is 1. The first-order valence-electron chi connectivity index (χ1n) is 9.86. The first-order chi connectivity index (χ1) is 15.5. The maximum atomic E-state index is 13.8. The third kappa shape index (κ3) is 4.54. The van der Waals surface area contributed by atoms with E-state index in [-0.39, 0.29) is 18.3 Å². The van der Waals surface area contributed by atoms with Crippen molar-refractivity contribution in [2.75, 3.05) is 12.0 Å². The van der Waals surface area contributed by atoms with Crippen LogP contribution in [0.2, 0.25) is 0 Å². The van der Waals surface area contributed by atoms with Crippen molar-refractivity contribution in [1.29, 1.82) is 0 Å². The molecule has 0 saturated carbocycles. The van der Waals surface area contributed by atoms with Crippen molar-refractivity contribution in [1.82, 2.24) is 0 Å². The monoisotopic (exact) mass is 465 g/mol. The molecule has 1 saturated heterocycles. The van der Waals surface area contributed by atoms with Gasteiger partial charge in [-0.05, 0) is 48.4 Å². The van der Waals surface area contributed by atoms with Gasteiger partial charge in [-0.1, -0.05) is 66.4 Å². The molecule has 0 atom stereocenters. The minimum absolute atomic E-state index is 0.0808. The van der Waals surface area contributed by atoms with E-state index >= 15 is 0 Å². The number of benzene rings is 3. The van der Waals surface area contributed by atoms with Crippen molar-refractivity contribution in [3.8, 4) is 11.5 Å². The second-order valence-electron chi connectivity index (χ2n) is 7.09. The molecule has 0 unspecified atom stereocenters. The molecule has 0 radical (unpaired) electrons. The predicted octanol–water partition coefficient (Wildman–Crippen LogP) is 6.13. The maximum absolute atomic E-state index is 13.8. The van der Waals surface area contributed by atoms with Crippen LogP contribution in [0.25, 0.3) is 6.08 Å². The van der Waals surface area contributed by atoms with Crippen molar-refractivity contribution in [3.63, 3.8) is 0 Å². The number of hydrogen-bond acceptors (Lipinski definition) is 5. The molecular formula is C25H20FNO3S2. The Labute approximate surface area is 195 Å². The number of nitrogens with zero attached hydrogens (tertiary/aromatic N) is 1. The molecule has 3 aromatic rings. The molecule has 0 aliphatic carbocycles. The number of amides is 1. The minimum atomic E-state index is -0.321. The molecule has 0 spiro atoms. The highest BCUT2D eigenvalue weighted by Crippen LogP contribution is 2.38. The Bertz CT molecular complexity index is 1230. The van der Waals surface area contributed by atoms with E-state index in [4.69, 9.17) is 21.7 Å². The molecule has 1 amide bonds. The lowest BCUT2D eigenvalue weighted by Crippen LogP contribution is -2.28. The Morgan fingerprint density at radius 1 is 1.06 bits per heavy atom. The van der Waals surface area contributed by atoms with Crippen molar-refractivity contribution in [2.24, 2.45) is 0 Å². The minimum Gasteiger partial charge on any atom is -0.493 e. The van der Waals surface area contributed by atoms with Gasteiger partial charge in [-0.15, -0.1) is 0 Å². The number of carbonyl (C=O) groups excluding carboxylic acids is 1. The summed E-state index contributed by atoms with van der Waals surface area (Å²) in [7, 11) is 1.53. The highest BCUT2D eigenvalue weighted by molar-refractivity contribution is 8.27. The summed E-state index contributed by atoms with van der Waals surface area (Å²) in [5.74, 6) is 0.497. The molecule has 3 aromatic carbocycles. The fourth-order valence-corrected chi connectivity index (χ4v) is 4.59. The largest absolute Gasteiger partial charge is 0.493 e. The van der Waals surface area contributed by atoms with Crippen LogP contribution in [0, 0.1) is 12.7 Å². The molecule has 4 rings (SSSR count). The Morgan fingerprint density at radius 2 is 1.81 bits per heavy atom. The number of thioether (sulfide) groups is 1. The van der Waals surface area contributed by atoms with Crippen LogP contribution in [-0.4, -0.2) is 17.3 Å². The normalized spacial score (nSPS) is 14.8. The highest BCUT2D eigenvalue weighted by atomic mass is 32.2. The van der Waals surface area contributed by atoms with Gasteiger partial charge in [0.25, 0.3) is 5.91 Å². The van der Waals surface area contributed by atoms with Gasteiger partial charge >= 0.3 is 0 Å². The number of hydrogen-bond donors (Lipinski definition) is 0. The van der Waals surface area contributed by atoms with Crippen LogP contribution in [0.1, 0.15) is 16.7 Å². The van der Waals surface area contributed by atoms with Crippen LogP contribution in [0.3, 0.4) is 0 Å². The van der Waals surface area contributed by atoms with Gasteiger partial charge in [0, 0.05) is 5.56 Å². The number of ether oxygens (including phenoxy) is 2. The summed E-state index contributed by atoms with van der Waals surface area (Å²) in [5.41, 5.74) is 2.99. The Balaban J connectivity index is 1.55. The molecule has 4 nitrogen and oxygen atoms in total. The average Bonchev–Trinajstić information content (AvgIpc) is 3.06. The zero-order valence-corrected chi connectivity index (χ0v) is 19.1. The quantitative estimate of drug-likeness (QED) is 0.324. The van der Waals surface area contributed by atoms with Crippen molar-refractivity contribution in [2.45, 2.75) is 13.5 Å². The first kappa shape index (κ1) is 22.0. The van der Waals surface area contributed by atoms with Crippen molar-refractivity contribution >= 4 is 46.0 Å². The Hall–Kier alpha value is -3.16. The van der Waals surface area contributed by atoms with Crippen LogP contribution in [-0.2, 0) is 11.4 Å². The number of thiocarbonyl (C=S) groups is 1. The molecule has 0 bridgehead atoms. The third-order valence-electron chi connectivity index (χ3n) is 4.98. The van der Waals surface area contributed by atoms with Crippen LogP contribution in [0.4, 0.5) is 10.1 Å². The lowest BCUT2D eigenvalue weighted by molar-refractivity contribution is -0.113. The lowest BCUT2D eigenvalue weighted by Gasteiger charge is -2.16. The zero-order valence-electron chi connectivity index (χ0n) is 17.5. The third-order valence-corrected chi connectivity index (χ3v) is 6.28. The van der Waals surface area contributed by atoms with Gasteiger partial charge in [-0.3, -0.25) is 9.69 Å². The van der Waals surface area contributed by atoms with Crippen LogP contribution >= 0.6 is 24.0 Å². The van der Waals surface area contributed by atoms with Gasteiger partial charge < -0.3 is 9.47 Å². The zero-order chi connectivity index (χ0) is 22.7. The number of halogens is 1. The first-order valence-corrected chi connectivity index (χ1v) is 11.1. The number of carbonyl (C=O) groups is 1. The number of rotatable bonds is 6. The van der Waals surface area contributed by atoms with E-state index in [1.165, 1.54) is 24.9 Å². The summed E-state index contributed by atoms with van der Waals surface area (Å²) in [6, 6.07) is 19.4. The predicted molar refractivity (Wildman–Crippen MR) is 131 cm³/mol. The summed E-state index contributed by atoms with van der Waals surface area (Å²) >= 11 is 6.73. The van der Waals surface area contributed by atoms with E-state index in [0.29, 0.717) is 26.3 Å². The van der Waals surface area contributed by atoms with E-state index in [2.05, 4.69) is 0 Å². The Morgan fingerprint density at radius 3 is 2.56 bits per heavy atom. The van der Waals surface area contributed by atoms with Gasteiger partial charge in [0.2, 0.25) is 0 Å².